The number of aromatic nitrogens is 2. The molecule has 1 aliphatic rings. The van der Waals surface area contributed by atoms with Crippen LogP contribution in [0.5, 0.6) is 5.75 Å². The highest BCUT2D eigenvalue weighted by atomic mass is 35.5. The minimum atomic E-state index is -3.14. The van der Waals surface area contributed by atoms with Gasteiger partial charge in [0, 0.05) is 10.7 Å². The van der Waals surface area contributed by atoms with Crippen molar-refractivity contribution in [1.82, 2.24) is 10.2 Å². The molecule has 168 valence electrons. The summed E-state index contributed by atoms with van der Waals surface area (Å²) in [6.45, 7) is 0.0826. The fraction of sp³-hybridized carbons (Fsp3) is 0.286. The molecule has 0 radical (unpaired) electrons. The van der Waals surface area contributed by atoms with E-state index in [9.17, 15) is 13.2 Å². The number of halogens is 1. The fourth-order valence-electron chi connectivity index (χ4n) is 3.35. The molecule has 1 aliphatic heterocycles. The van der Waals surface area contributed by atoms with E-state index >= 15 is 0 Å². The van der Waals surface area contributed by atoms with Crippen molar-refractivity contribution in [3.63, 3.8) is 0 Å². The van der Waals surface area contributed by atoms with Crippen LogP contribution < -0.4 is 9.64 Å². The molecule has 1 amide bonds. The number of hydrogen-bond acceptors (Lipinski definition) is 8. The number of para-hydroxylation sites is 1. The maximum absolute atomic E-state index is 13.0. The summed E-state index contributed by atoms with van der Waals surface area (Å²) in [4.78, 5) is 14.6. The average Bonchev–Trinajstić information content (AvgIpc) is 3.38. The molecular weight excluding hydrogens is 474 g/mol. The molecule has 0 bridgehead atoms. The van der Waals surface area contributed by atoms with Crippen LogP contribution in [0.25, 0.3) is 0 Å². The number of hydrogen-bond donors (Lipinski definition) is 0. The van der Waals surface area contributed by atoms with Crippen molar-refractivity contribution in [3.05, 3.63) is 65.5 Å². The van der Waals surface area contributed by atoms with Crippen molar-refractivity contribution in [2.75, 3.05) is 22.2 Å². The number of nitrogens with zero attached hydrogens (tertiary/aromatic N) is 3. The number of benzene rings is 2. The van der Waals surface area contributed by atoms with Crippen LogP contribution in [0.15, 0.2) is 64.2 Å². The van der Waals surface area contributed by atoms with Gasteiger partial charge in [-0.3, -0.25) is 4.79 Å². The molecule has 11 heteroatoms. The zero-order valence-electron chi connectivity index (χ0n) is 16.9. The normalized spacial score (nSPS) is 17.2. The lowest BCUT2D eigenvalue weighted by Gasteiger charge is -2.28. The molecule has 0 aliphatic carbocycles. The van der Waals surface area contributed by atoms with Gasteiger partial charge >= 0.3 is 0 Å². The van der Waals surface area contributed by atoms with Gasteiger partial charge in [-0.15, -0.1) is 10.2 Å². The van der Waals surface area contributed by atoms with E-state index in [1.165, 1.54) is 0 Å². The first-order valence-corrected chi connectivity index (χ1v) is 13.0. The second kappa shape index (κ2) is 9.93. The van der Waals surface area contributed by atoms with Gasteiger partial charge in [0.1, 0.15) is 5.75 Å². The van der Waals surface area contributed by atoms with Crippen molar-refractivity contribution < 1.29 is 22.4 Å². The molecule has 2 aromatic carbocycles. The van der Waals surface area contributed by atoms with Crippen LogP contribution in [-0.4, -0.2) is 47.8 Å². The highest BCUT2D eigenvalue weighted by Crippen LogP contribution is 2.27. The number of rotatable bonds is 8. The third-order valence-corrected chi connectivity index (χ3v) is 7.63. The van der Waals surface area contributed by atoms with E-state index in [4.69, 9.17) is 20.8 Å². The molecule has 1 aromatic heterocycles. The van der Waals surface area contributed by atoms with Crippen molar-refractivity contribution in [1.29, 1.82) is 0 Å². The molecule has 2 heterocycles. The molecule has 1 fully saturated rings. The lowest BCUT2D eigenvalue weighted by Crippen LogP contribution is -2.42. The molecule has 32 heavy (non-hydrogen) atoms. The number of carbonyl (C=O) groups excluding carboxylic acids is 1. The zero-order chi connectivity index (χ0) is 22.6. The number of carbonyl (C=O) groups is 1. The van der Waals surface area contributed by atoms with E-state index < -0.39 is 9.84 Å². The van der Waals surface area contributed by atoms with Gasteiger partial charge in [-0.25, -0.2) is 8.42 Å². The fourth-order valence-corrected chi connectivity index (χ4v) is 5.82. The highest BCUT2D eigenvalue weighted by Gasteiger charge is 2.35. The molecule has 8 nitrogen and oxygen atoms in total. The van der Waals surface area contributed by atoms with Gasteiger partial charge in [-0.1, -0.05) is 41.6 Å². The number of ether oxygens (including phenoxy) is 1. The van der Waals surface area contributed by atoms with Crippen LogP contribution in [0, 0.1) is 0 Å². The SMILES string of the molecule is O=C(CSc1nnc(COc2ccc(Cl)cc2)o1)N(c1ccccc1)[C@H]1CCS(=O)(=O)C1. The average molecular weight is 494 g/mol. The monoisotopic (exact) mass is 493 g/mol. The highest BCUT2D eigenvalue weighted by molar-refractivity contribution is 7.99. The van der Waals surface area contributed by atoms with Gasteiger partial charge in [-0.05, 0) is 42.8 Å². The Hall–Kier alpha value is -2.56. The topological polar surface area (TPSA) is 103 Å². The number of sulfone groups is 1. The Balaban J connectivity index is 1.37. The van der Waals surface area contributed by atoms with E-state index in [0.717, 1.165) is 11.8 Å². The Morgan fingerprint density at radius 2 is 1.91 bits per heavy atom. The first kappa shape index (κ1) is 22.6. The van der Waals surface area contributed by atoms with Crippen molar-refractivity contribution in [3.8, 4) is 5.75 Å². The summed E-state index contributed by atoms with van der Waals surface area (Å²) in [6.07, 6.45) is 0.417. The Bertz CT molecular complexity index is 1170. The summed E-state index contributed by atoms with van der Waals surface area (Å²) in [6, 6.07) is 15.6. The Morgan fingerprint density at radius 3 is 2.59 bits per heavy atom. The van der Waals surface area contributed by atoms with Crippen molar-refractivity contribution in [2.24, 2.45) is 0 Å². The molecule has 0 unspecified atom stereocenters. The number of anilines is 1. The van der Waals surface area contributed by atoms with Gasteiger partial charge in [0.15, 0.2) is 16.4 Å². The molecule has 1 atom stereocenters. The summed E-state index contributed by atoms with van der Waals surface area (Å²) in [5.41, 5.74) is 0.669. The molecule has 0 saturated carbocycles. The summed E-state index contributed by atoms with van der Waals surface area (Å²) in [5, 5.41) is 8.72. The minimum Gasteiger partial charge on any atom is -0.484 e. The standard InChI is InChI=1S/C21H20ClN3O5S2/c22-15-6-8-18(9-7-15)29-12-19-23-24-21(30-19)31-13-20(26)25(16-4-2-1-3-5-16)17-10-11-32(27,28)14-17/h1-9,17H,10-14H2/t17-/m0/s1. The van der Waals surface area contributed by atoms with Crippen LogP contribution in [0.2, 0.25) is 5.02 Å². The van der Waals surface area contributed by atoms with Gasteiger partial charge in [0.05, 0.1) is 23.3 Å². The molecule has 4 rings (SSSR count). The Labute approximate surface area is 194 Å². The smallest absolute Gasteiger partial charge is 0.277 e. The molecule has 3 aromatic rings. The summed E-state index contributed by atoms with van der Waals surface area (Å²) in [5.74, 6) is 0.747. The predicted octanol–water partition coefficient (Wildman–Crippen LogP) is 3.61. The summed E-state index contributed by atoms with van der Waals surface area (Å²) in [7, 11) is -3.14. The Kier molecular flexibility index (Phi) is 7.02. The third kappa shape index (κ3) is 5.81. The summed E-state index contributed by atoms with van der Waals surface area (Å²) >= 11 is 6.95. The maximum Gasteiger partial charge on any atom is 0.277 e. The molecular formula is C21H20ClN3O5S2. The minimum absolute atomic E-state index is 0.0329. The van der Waals surface area contributed by atoms with Crippen LogP contribution in [0.1, 0.15) is 12.3 Å². The quantitative estimate of drug-likeness (QED) is 0.438. The van der Waals surface area contributed by atoms with E-state index in [0.29, 0.717) is 22.9 Å². The largest absolute Gasteiger partial charge is 0.484 e. The van der Waals surface area contributed by atoms with Crippen molar-refractivity contribution in [2.45, 2.75) is 24.3 Å². The maximum atomic E-state index is 13.0. The van der Waals surface area contributed by atoms with E-state index in [1.807, 2.05) is 18.2 Å². The van der Waals surface area contributed by atoms with Gasteiger partial charge in [0.2, 0.25) is 5.91 Å². The molecule has 0 N–H and O–H groups in total. The number of thioether (sulfide) groups is 1. The molecule has 1 saturated heterocycles. The first-order chi connectivity index (χ1) is 15.4. The van der Waals surface area contributed by atoms with Gasteiger partial charge in [-0.2, -0.15) is 0 Å². The number of amides is 1. The van der Waals surface area contributed by atoms with E-state index in [1.54, 1.807) is 41.3 Å². The third-order valence-electron chi connectivity index (χ3n) is 4.82. The van der Waals surface area contributed by atoms with E-state index in [2.05, 4.69) is 10.2 Å². The van der Waals surface area contributed by atoms with Crippen LogP contribution in [0.3, 0.4) is 0 Å². The van der Waals surface area contributed by atoms with Crippen molar-refractivity contribution >= 4 is 44.8 Å². The van der Waals surface area contributed by atoms with Crippen LogP contribution in [0.4, 0.5) is 5.69 Å². The van der Waals surface area contributed by atoms with E-state index in [-0.39, 0.29) is 46.9 Å². The lowest BCUT2D eigenvalue weighted by atomic mass is 10.2. The van der Waals surface area contributed by atoms with Gasteiger partial charge in [0.25, 0.3) is 11.1 Å². The predicted molar refractivity (Wildman–Crippen MR) is 122 cm³/mol. The lowest BCUT2D eigenvalue weighted by molar-refractivity contribution is -0.116. The van der Waals surface area contributed by atoms with Crippen LogP contribution >= 0.6 is 23.4 Å². The first-order valence-electron chi connectivity index (χ1n) is 9.81. The summed E-state index contributed by atoms with van der Waals surface area (Å²) < 4.78 is 35.1. The van der Waals surface area contributed by atoms with Gasteiger partial charge < -0.3 is 14.1 Å². The Morgan fingerprint density at radius 1 is 1.16 bits per heavy atom. The zero-order valence-corrected chi connectivity index (χ0v) is 19.3. The molecule has 0 spiro atoms. The second-order valence-electron chi connectivity index (χ2n) is 7.15. The van der Waals surface area contributed by atoms with Crippen LogP contribution in [-0.2, 0) is 21.2 Å². The second-order valence-corrected chi connectivity index (χ2v) is 10.7.